The van der Waals surface area contributed by atoms with E-state index in [0.29, 0.717) is 16.9 Å². The fourth-order valence-corrected chi connectivity index (χ4v) is 3.86. The summed E-state index contributed by atoms with van der Waals surface area (Å²) >= 11 is 0. The molecule has 0 spiro atoms. The molecule has 0 heterocycles. The van der Waals surface area contributed by atoms with Crippen molar-refractivity contribution in [3.63, 3.8) is 0 Å². The van der Waals surface area contributed by atoms with E-state index in [1.165, 1.54) is 0 Å². The minimum atomic E-state index is -3.16. The maximum Gasteiger partial charge on any atom is 0.276 e. The number of halogens is 2. The third-order valence-electron chi connectivity index (χ3n) is 6.55. The lowest BCUT2D eigenvalue weighted by molar-refractivity contribution is -0.189. The number of aliphatic hydroxyl groups is 3. The highest BCUT2D eigenvalue weighted by atomic mass is 19.3. The van der Waals surface area contributed by atoms with Gasteiger partial charge in [0.2, 0.25) is 0 Å². The molecule has 0 aromatic heterocycles. The van der Waals surface area contributed by atoms with Crippen LogP contribution in [0.5, 0.6) is 5.75 Å². The molecule has 32 heavy (non-hydrogen) atoms. The summed E-state index contributed by atoms with van der Waals surface area (Å²) in [5, 5.41) is 29.1. The maximum absolute atomic E-state index is 14.7. The van der Waals surface area contributed by atoms with Gasteiger partial charge in [0, 0.05) is 6.42 Å². The number of ether oxygens (including phenoxy) is 1. The summed E-state index contributed by atoms with van der Waals surface area (Å²) in [7, 11) is 0. The monoisotopic (exact) mass is 450 g/mol. The smallest absolute Gasteiger partial charge is 0.276 e. The molecule has 0 aliphatic rings. The molecule has 0 bridgehead atoms. The SMILES string of the molecule is CCC(O)(CC)C(F)(F)CCC(C)(C)c1cccc(OCc2ccc(CO)c(CO)c2)c1. The maximum atomic E-state index is 14.7. The van der Waals surface area contributed by atoms with Gasteiger partial charge in [0.05, 0.1) is 13.2 Å². The molecule has 0 radical (unpaired) electrons. The van der Waals surface area contributed by atoms with Gasteiger partial charge in [0.15, 0.2) is 0 Å². The Morgan fingerprint density at radius 3 is 2.12 bits per heavy atom. The molecule has 3 N–H and O–H groups in total. The van der Waals surface area contributed by atoms with Gasteiger partial charge in [-0.1, -0.05) is 52.0 Å². The van der Waals surface area contributed by atoms with Crippen molar-refractivity contribution >= 4 is 0 Å². The van der Waals surface area contributed by atoms with Crippen molar-refractivity contribution in [2.75, 3.05) is 0 Å². The van der Waals surface area contributed by atoms with Crippen LogP contribution < -0.4 is 4.74 Å². The molecule has 0 aliphatic heterocycles. The van der Waals surface area contributed by atoms with Crippen LogP contribution in [0.2, 0.25) is 0 Å². The van der Waals surface area contributed by atoms with Crippen LogP contribution in [0.4, 0.5) is 8.78 Å². The van der Waals surface area contributed by atoms with Crippen molar-refractivity contribution in [3.8, 4) is 5.75 Å². The van der Waals surface area contributed by atoms with Crippen LogP contribution in [-0.2, 0) is 25.2 Å². The molecular weight excluding hydrogens is 414 g/mol. The van der Waals surface area contributed by atoms with E-state index < -0.39 is 23.4 Å². The average Bonchev–Trinajstić information content (AvgIpc) is 2.80. The third kappa shape index (κ3) is 6.06. The van der Waals surface area contributed by atoms with E-state index in [9.17, 15) is 24.1 Å². The summed E-state index contributed by atoms with van der Waals surface area (Å²) in [6.07, 6.45) is -0.159. The van der Waals surface area contributed by atoms with Crippen LogP contribution in [-0.4, -0.2) is 26.8 Å². The van der Waals surface area contributed by atoms with Gasteiger partial charge in [-0.05, 0) is 65.1 Å². The zero-order chi connectivity index (χ0) is 24.0. The van der Waals surface area contributed by atoms with E-state index >= 15 is 0 Å². The molecule has 0 aliphatic carbocycles. The Hall–Kier alpha value is -2.02. The van der Waals surface area contributed by atoms with Crippen LogP contribution >= 0.6 is 0 Å². The first-order valence-corrected chi connectivity index (χ1v) is 11.2. The fourth-order valence-electron chi connectivity index (χ4n) is 3.86. The second kappa shape index (κ2) is 10.7. The molecule has 0 amide bonds. The largest absolute Gasteiger partial charge is 0.489 e. The summed E-state index contributed by atoms with van der Waals surface area (Å²) in [6, 6.07) is 12.8. The van der Waals surface area contributed by atoms with Gasteiger partial charge >= 0.3 is 0 Å². The predicted molar refractivity (Wildman–Crippen MR) is 122 cm³/mol. The number of aliphatic hydroxyl groups excluding tert-OH is 2. The van der Waals surface area contributed by atoms with E-state index in [1.54, 1.807) is 26.0 Å². The number of hydrogen-bond acceptors (Lipinski definition) is 4. The zero-order valence-corrected chi connectivity index (χ0v) is 19.5. The Morgan fingerprint density at radius 2 is 1.53 bits per heavy atom. The van der Waals surface area contributed by atoms with Crippen LogP contribution in [0.1, 0.15) is 75.6 Å². The third-order valence-corrected chi connectivity index (χ3v) is 6.55. The highest BCUT2D eigenvalue weighted by Gasteiger charge is 2.50. The van der Waals surface area contributed by atoms with Gasteiger partial charge in [-0.25, -0.2) is 8.78 Å². The molecule has 6 heteroatoms. The van der Waals surface area contributed by atoms with Crippen molar-refractivity contribution in [1.82, 2.24) is 0 Å². The van der Waals surface area contributed by atoms with E-state index in [-0.39, 0.29) is 39.1 Å². The molecule has 0 saturated heterocycles. The molecule has 2 aromatic carbocycles. The standard InChI is InChI=1S/C26H36F2O4/c1-5-25(31,6-2)26(27,28)13-12-24(3,4)22-8-7-9-23(15-22)32-18-19-10-11-20(16-29)21(14-19)17-30/h7-11,14-15,29-31H,5-6,12-13,16-18H2,1-4H3. The molecule has 0 fully saturated rings. The molecule has 178 valence electrons. The van der Waals surface area contributed by atoms with Crippen LogP contribution in [0, 0.1) is 0 Å². The van der Waals surface area contributed by atoms with E-state index in [4.69, 9.17) is 4.74 Å². The first kappa shape index (κ1) is 26.2. The lowest BCUT2D eigenvalue weighted by Gasteiger charge is -2.36. The molecule has 0 saturated carbocycles. The van der Waals surface area contributed by atoms with Gasteiger partial charge in [0.1, 0.15) is 18.0 Å². The first-order valence-electron chi connectivity index (χ1n) is 11.2. The molecule has 0 unspecified atom stereocenters. The summed E-state index contributed by atoms with van der Waals surface area (Å²) in [6.45, 7) is 6.99. The van der Waals surface area contributed by atoms with Crippen molar-refractivity contribution in [3.05, 3.63) is 64.7 Å². The van der Waals surface area contributed by atoms with Crippen LogP contribution in [0.25, 0.3) is 0 Å². The number of hydrogen-bond donors (Lipinski definition) is 3. The fraction of sp³-hybridized carbons (Fsp3) is 0.538. The Morgan fingerprint density at radius 1 is 0.875 bits per heavy atom. The second-order valence-electron chi connectivity index (χ2n) is 9.06. The first-order chi connectivity index (χ1) is 15.0. The molecule has 0 atom stereocenters. The Bertz CT molecular complexity index is 876. The second-order valence-corrected chi connectivity index (χ2v) is 9.06. The Labute approximate surface area is 189 Å². The van der Waals surface area contributed by atoms with Gasteiger partial charge in [0.25, 0.3) is 5.92 Å². The normalized spacial score (nSPS) is 12.8. The van der Waals surface area contributed by atoms with Gasteiger partial charge in [-0.15, -0.1) is 0 Å². The number of alkyl halides is 2. The summed E-state index contributed by atoms with van der Waals surface area (Å²) in [5.41, 5.74) is 0.562. The van der Waals surface area contributed by atoms with E-state index in [0.717, 1.165) is 11.1 Å². The molecule has 2 aromatic rings. The zero-order valence-electron chi connectivity index (χ0n) is 19.5. The van der Waals surface area contributed by atoms with Crippen LogP contribution in [0.3, 0.4) is 0 Å². The molecular formula is C26H36F2O4. The minimum Gasteiger partial charge on any atom is -0.489 e. The van der Waals surface area contributed by atoms with Crippen molar-refractivity contribution < 1.29 is 28.8 Å². The highest BCUT2D eigenvalue weighted by molar-refractivity contribution is 5.34. The van der Waals surface area contributed by atoms with E-state index in [2.05, 4.69) is 0 Å². The van der Waals surface area contributed by atoms with Gasteiger partial charge < -0.3 is 20.1 Å². The number of rotatable bonds is 12. The quantitative estimate of drug-likeness (QED) is 0.400. The average molecular weight is 451 g/mol. The van der Waals surface area contributed by atoms with Crippen molar-refractivity contribution in [2.24, 2.45) is 0 Å². The van der Waals surface area contributed by atoms with Gasteiger partial charge in [-0.3, -0.25) is 0 Å². The summed E-state index contributed by atoms with van der Waals surface area (Å²) in [5.74, 6) is -2.54. The van der Waals surface area contributed by atoms with Crippen LogP contribution in [0.15, 0.2) is 42.5 Å². The Balaban J connectivity index is 2.09. The lowest BCUT2D eigenvalue weighted by Crippen LogP contribution is -2.47. The Kier molecular flexibility index (Phi) is 8.80. The highest BCUT2D eigenvalue weighted by Crippen LogP contribution is 2.41. The minimum absolute atomic E-state index is 0.0114. The number of benzene rings is 2. The molecule has 2 rings (SSSR count). The molecule has 4 nitrogen and oxygen atoms in total. The van der Waals surface area contributed by atoms with Gasteiger partial charge in [-0.2, -0.15) is 0 Å². The summed E-state index contributed by atoms with van der Waals surface area (Å²) < 4.78 is 35.3. The van der Waals surface area contributed by atoms with Crippen molar-refractivity contribution in [1.29, 1.82) is 0 Å². The van der Waals surface area contributed by atoms with E-state index in [1.807, 2.05) is 44.2 Å². The summed E-state index contributed by atoms with van der Waals surface area (Å²) in [4.78, 5) is 0. The van der Waals surface area contributed by atoms with Crippen molar-refractivity contribution in [2.45, 2.75) is 90.1 Å². The lowest BCUT2D eigenvalue weighted by atomic mass is 9.77. The topological polar surface area (TPSA) is 69.9 Å². The predicted octanol–water partition coefficient (Wildman–Crippen LogP) is 5.49.